The first-order valence-electron chi connectivity index (χ1n) is 6.99. The number of rotatable bonds is 5. The molecule has 2 rings (SSSR count). The average Bonchev–Trinajstić information content (AvgIpc) is 2.81. The Morgan fingerprint density at radius 3 is 2.95 bits per heavy atom. The van der Waals surface area contributed by atoms with Crippen molar-refractivity contribution in [2.45, 2.75) is 50.4 Å². The van der Waals surface area contributed by atoms with Crippen LogP contribution >= 0.6 is 0 Å². The minimum absolute atomic E-state index is 0.143. The first-order chi connectivity index (χ1) is 9.08. The third kappa shape index (κ3) is 3.17. The van der Waals surface area contributed by atoms with Crippen molar-refractivity contribution in [3.05, 3.63) is 18.0 Å². The Balaban J connectivity index is 2.22. The predicted octanol–water partition coefficient (Wildman–Crippen LogP) is 1.52. The summed E-state index contributed by atoms with van der Waals surface area (Å²) in [5, 5.41) is 7.15. The second kappa shape index (κ2) is 6.05. The van der Waals surface area contributed by atoms with Gasteiger partial charge in [-0.3, -0.25) is 4.68 Å². The Kier molecular flexibility index (Phi) is 4.62. The summed E-state index contributed by atoms with van der Waals surface area (Å²) in [6.07, 6.45) is 7.31. The molecular weight excluding hydrogens is 262 g/mol. The Labute approximate surface area is 115 Å². The highest BCUT2D eigenvalue weighted by Crippen LogP contribution is 2.30. The lowest BCUT2D eigenvalue weighted by Crippen LogP contribution is -2.39. The van der Waals surface area contributed by atoms with Crippen LogP contribution in [0.4, 0.5) is 0 Å². The summed E-state index contributed by atoms with van der Waals surface area (Å²) in [5.74, 6) is 0.318. The molecule has 1 aromatic heterocycles. The van der Waals surface area contributed by atoms with Gasteiger partial charge in [-0.2, -0.15) is 5.10 Å². The molecule has 0 aliphatic carbocycles. The van der Waals surface area contributed by atoms with Gasteiger partial charge in [0.25, 0.3) is 0 Å². The van der Waals surface area contributed by atoms with Gasteiger partial charge in [-0.05, 0) is 26.3 Å². The highest BCUT2D eigenvalue weighted by atomic mass is 32.2. The van der Waals surface area contributed by atoms with Crippen molar-refractivity contribution in [1.82, 2.24) is 15.1 Å². The van der Waals surface area contributed by atoms with E-state index < -0.39 is 9.84 Å². The molecule has 5 nitrogen and oxygen atoms in total. The predicted molar refractivity (Wildman–Crippen MR) is 75.7 cm³/mol. The Morgan fingerprint density at radius 1 is 1.53 bits per heavy atom. The van der Waals surface area contributed by atoms with E-state index in [0.29, 0.717) is 5.75 Å². The van der Waals surface area contributed by atoms with Crippen LogP contribution in [0, 0.1) is 0 Å². The van der Waals surface area contributed by atoms with Crippen LogP contribution in [-0.2, 0) is 16.4 Å². The van der Waals surface area contributed by atoms with E-state index in [0.717, 1.165) is 37.8 Å². The molecule has 108 valence electrons. The summed E-state index contributed by atoms with van der Waals surface area (Å²) >= 11 is 0. The van der Waals surface area contributed by atoms with E-state index in [1.54, 1.807) is 6.20 Å². The van der Waals surface area contributed by atoms with E-state index in [2.05, 4.69) is 17.3 Å². The third-order valence-electron chi connectivity index (χ3n) is 3.78. The zero-order valence-corrected chi connectivity index (χ0v) is 12.5. The van der Waals surface area contributed by atoms with E-state index >= 15 is 0 Å². The highest BCUT2D eigenvalue weighted by molar-refractivity contribution is 7.92. The molecule has 0 spiro atoms. The molecule has 2 heterocycles. The molecule has 0 saturated carbocycles. The summed E-state index contributed by atoms with van der Waals surface area (Å²) in [6, 6.07) is -0.143. The lowest BCUT2D eigenvalue weighted by molar-refractivity contribution is 0.468. The second-order valence-corrected chi connectivity index (χ2v) is 7.54. The lowest BCUT2D eigenvalue weighted by Gasteiger charge is -2.29. The smallest absolute Gasteiger partial charge is 0.155 e. The first-order valence-corrected chi connectivity index (χ1v) is 8.71. The second-order valence-electron chi connectivity index (χ2n) is 5.20. The van der Waals surface area contributed by atoms with Gasteiger partial charge in [0.05, 0.1) is 23.2 Å². The monoisotopic (exact) mass is 285 g/mol. The van der Waals surface area contributed by atoms with Gasteiger partial charge < -0.3 is 5.32 Å². The van der Waals surface area contributed by atoms with Crippen molar-refractivity contribution in [3.8, 4) is 0 Å². The average molecular weight is 285 g/mol. The van der Waals surface area contributed by atoms with Crippen molar-refractivity contribution >= 4 is 9.84 Å². The SMILES string of the molecule is CCCn1cc(C(NC)C2CCCCS2(=O)=O)cn1. The maximum Gasteiger partial charge on any atom is 0.155 e. The molecule has 1 aliphatic rings. The first kappa shape index (κ1) is 14.5. The number of nitrogens with one attached hydrogen (secondary N) is 1. The molecule has 1 fully saturated rings. The van der Waals surface area contributed by atoms with Crippen molar-refractivity contribution in [2.24, 2.45) is 0 Å². The summed E-state index contributed by atoms with van der Waals surface area (Å²) in [4.78, 5) is 0. The van der Waals surface area contributed by atoms with Crippen molar-refractivity contribution in [3.63, 3.8) is 0 Å². The molecular formula is C13H23N3O2S. The number of aryl methyl sites for hydroxylation is 1. The van der Waals surface area contributed by atoms with Gasteiger partial charge >= 0.3 is 0 Å². The van der Waals surface area contributed by atoms with Crippen LogP contribution in [0.15, 0.2) is 12.4 Å². The fourth-order valence-electron chi connectivity index (χ4n) is 2.81. The quantitative estimate of drug-likeness (QED) is 0.891. The minimum Gasteiger partial charge on any atom is -0.312 e. The summed E-state index contributed by atoms with van der Waals surface area (Å²) in [7, 11) is -1.16. The van der Waals surface area contributed by atoms with Crippen molar-refractivity contribution in [2.75, 3.05) is 12.8 Å². The van der Waals surface area contributed by atoms with Crippen LogP contribution in [0.3, 0.4) is 0 Å². The number of sulfone groups is 1. The maximum atomic E-state index is 12.2. The molecule has 2 unspecified atom stereocenters. The van der Waals surface area contributed by atoms with Crippen molar-refractivity contribution in [1.29, 1.82) is 0 Å². The molecule has 0 radical (unpaired) electrons. The zero-order valence-electron chi connectivity index (χ0n) is 11.7. The van der Waals surface area contributed by atoms with E-state index in [9.17, 15) is 8.42 Å². The van der Waals surface area contributed by atoms with Gasteiger partial charge in [0.1, 0.15) is 0 Å². The maximum absolute atomic E-state index is 12.2. The van der Waals surface area contributed by atoms with E-state index in [1.807, 2.05) is 17.9 Å². The molecule has 0 amide bonds. The molecule has 6 heteroatoms. The van der Waals surface area contributed by atoms with Gasteiger partial charge in [-0.25, -0.2) is 8.42 Å². The van der Waals surface area contributed by atoms with Crippen molar-refractivity contribution < 1.29 is 8.42 Å². The molecule has 2 atom stereocenters. The molecule has 0 aromatic carbocycles. The van der Waals surface area contributed by atoms with Crippen LogP contribution in [0.5, 0.6) is 0 Å². The third-order valence-corrected chi connectivity index (χ3v) is 6.06. The molecule has 1 N–H and O–H groups in total. The minimum atomic E-state index is -2.99. The fraction of sp³-hybridized carbons (Fsp3) is 0.769. The van der Waals surface area contributed by atoms with E-state index in [-0.39, 0.29) is 11.3 Å². The largest absolute Gasteiger partial charge is 0.312 e. The van der Waals surface area contributed by atoms with Crippen LogP contribution < -0.4 is 5.32 Å². The number of nitrogens with zero attached hydrogens (tertiary/aromatic N) is 2. The molecule has 1 saturated heterocycles. The normalized spacial score (nSPS) is 24.2. The molecule has 1 aromatic rings. The van der Waals surface area contributed by atoms with Gasteiger partial charge in [-0.1, -0.05) is 13.3 Å². The zero-order chi connectivity index (χ0) is 13.9. The van der Waals surface area contributed by atoms with E-state index in [1.165, 1.54) is 0 Å². The Morgan fingerprint density at radius 2 is 2.32 bits per heavy atom. The van der Waals surface area contributed by atoms with Crippen LogP contribution in [-0.4, -0.2) is 36.2 Å². The molecule has 19 heavy (non-hydrogen) atoms. The summed E-state index contributed by atoms with van der Waals surface area (Å²) < 4.78 is 26.3. The fourth-order valence-corrected chi connectivity index (χ4v) is 4.96. The van der Waals surface area contributed by atoms with Gasteiger partial charge in [0, 0.05) is 18.3 Å². The summed E-state index contributed by atoms with van der Waals surface area (Å²) in [6.45, 7) is 2.97. The number of hydrogen-bond acceptors (Lipinski definition) is 4. The Bertz CT molecular complexity index is 510. The van der Waals surface area contributed by atoms with Crippen LogP contribution in [0.25, 0.3) is 0 Å². The van der Waals surface area contributed by atoms with Gasteiger partial charge in [0.15, 0.2) is 9.84 Å². The van der Waals surface area contributed by atoms with E-state index in [4.69, 9.17) is 0 Å². The Hall–Kier alpha value is -0.880. The van der Waals surface area contributed by atoms with Crippen LogP contribution in [0.1, 0.15) is 44.2 Å². The van der Waals surface area contributed by atoms with Gasteiger partial charge in [-0.15, -0.1) is 0 Å². The number of aromatic nitrogens is 2. The van der Waals surface area contributed by atoms with Gasteiger partial charge in [0.2, 0.25) is 0 Å². The summed E-state index contributed by atoms with van der Waals surface area (Å²) in [5.41, 5.74) is 0.978. The molecule has 0 bridgehead atoms. The highest BCUT2D eigenvalue weighted by Gasteiger charge is 2.36. The molecule has 1 aliphatic heterocycles. The topological polar surface area (TPSA) is 64.0 Å². The van der Waals surface area contributed by atoms with Crippen LogP contribution in [0.2, 0.25) is 0 Å². The number of hydrogen-bond donors (Lipinski definition) is 1. The standard InChI is InChI=1S/C13H23N3O2S/c1-3-7-16-10-11(9-15-16)13(14-2)12-6-4-5-8-19(12,17)18/h9-10,12-14H,3-8H2,1-2H3. The lowest BCUT2D eigenvalue weighted by atomic mass is 10.0.